The SMILES string of the molecule is CC1CN(c2cn(S(=O)(=O)c3cccc(Cl)c3)c3cccnc23)CCN1. The van der Waals surface area contributed by atoms with Crippen LogP contribution in [0.4, 0.5) is 5.69 Å². The summed E-state index contributed by atoms with van der Waals surface area (Å²) in [5, 5.41) is 3.78. The molecule has 0 bridgehead atoms. The van der Waals surface area contributed by atoms with Crippen LogP contribution in [0.5, 0.6) is 0 Å². The van der Waals surface area contributed by atoms with E-state index in [-0.39, 0.29) is 4.90 Å². The molecule has 1 aliphatic heterocycles. The molecule has 0 amide bonds. The van der Waals surface area contributed by atoms with Gasteiger partial charge in [-0.05, 0) is 37.3 Å². The molecule has 26 heavy (non-hydrogen) atoms. The molecule has 1 N–H and O–H groups in total. The summed E-state index contributed by atoms with van der Waals surface area (Å²) in [4.78, 5) is 6.79. The number of rotatable bonds is 3. The Morgan fingerprint density at radius 1 is 1.27 bits per heavy atom. The molecule has 1 aromatic carbocycles. The summed E-state index contributed by atoms with van der Waals surface area (Å²) in [6.07, 6.45) is 3.36. The third-order valence-electron chi connectivity index (χ3n) is 4.57. The van der Waals surface area contributed by atoms with Crippen molar-refractivity contribution in [2.45, 2.75) is 17.9 Å². The fourth-order valence-corrected chi connectivity index (χ4v) is 4.99. The van der Waals surface area contributed by atoms with E-state index in [1.54, 1.807) is 42.7 Å². The van der Waals surface area contributed by atoms with Gasteiger partial charge in [-0.3, -0.25) is 4.98 Å². The third-order valence-corrected chi connectivity index (χ3v) is 6.47. The summed E-state index contributed by atoms with van der Waals surface area (Å²) in [5.74, 6) is 0. The van der Waals surface area contributed by atoms with Gasteiger partial charge in [0.05, 0.1) is 16.1 Å². The molecule has 6 nitrogen and oxygen atoms in total. The zero-order valence-electron chi connectivity index (χ0n) is 14.3. The fourth-order valence-electron chi connectivity index (χ4n) is 3.34. The number of anilines is 1. The lowest BCUT2D eigenvalue weighted by Crippen LogP contribution is -2.49. The Balaban J connectivity index is 1.88. The Hall–Kier alpha value is -2.09. The van der Waals surface area contributed by atoms with Gasteiger partial charge in [-0.25, -0.2) is 12.4 Å². The van der Waals surface area contributed by atoms with Crippen LogP contribution < -0.4 is 10.2 Å². The van der Waals surface area contributed by atoms with Crippen molar-refractivity contribution in [3.8, 4) is 0 Å². The quantitative estimate of drug-likeness (QED) is 0.744. The minimum absolute atomic E-state index is 0.158. The van der Waals surface area contributed by atoms with E-state index in [9.17, 15) is 8.42 Å². The number of fused-ring (bicyclic) bond motifs is 1. The summed E-state index contributed by atoms with van der Waals surface area (Å²) < 4.78 is 27.7. The highest BCUT2D eigenvalue weighted by molar-refractivity contribution is 7.90. The van der Waals surface area contributed by atoms with E-state index >= 15 is 0 Å². The van der Waals surface area contributed by atoms with E-state index in [4.69, 9.17) is 11.6 Å². The molecule has 1 aliphatic rings. The second kappa shape index (κ2) is 6.57. The van der Waals surface area contributed by atoms with Gasteiger partial charge < -0.3 is 10.2 Å². The number of aromatic nitrogens is 2. The van der Waals surface area contributed by atoms with Crippen molar-refractivity contribution in [3.63, 3.8) is 0 Å². The van der Waals surface area contributed by atoms with Crippen LogP contribution in [0.15, 0.2) is 53.7 Å². The van der Waals surface area contributed by atoms with Gasteiger partial charge in [0.2, 0.25) is 0 Å². The van der Waals surface area contributed by atoms with Crippen LogP contribution in [-0.2, 0) is 10.0 Å². The molecule has 8 heteroatoms. The first-order chi connectivity index (χ1) is 12.5. The van der Waals surface area contributed by atoms with Crippen LogP contribution in [0.25, 0.3) is 11.0 Å². The predicted octanol–water partition coefficient (Wildman–Crippen LogP) is 2.72. The summed E-state index contributed by atoms with van der Waals surface area (Å²) in [7, 11) is -3.77. The number of hydrogen-bond acceptors (Lipinski definition) is 5. The van der Waals surface area contributed by atoms with E-state index in [2.05, 4.69) is 22.1 Å². The van der Waals surface area contributed by atoms with Gasteiger partial charge in [-0.15, -0.1) is 0 Å². The van der Waals surface area contributed by atoms with E-state index in [1.165, 1.54) is 10.0 Å². The molecule has 136 valence electrons. The average Bonchev–Trinajstić information content (AvgIpc) is 3.02. The minimum atomic E-state index is -3.77. The molecule has 0 radical (unpaired) electrons. The van der Waals surface area contributed by atoms with Crippen LogP contribution in [0.1, 0.15) is 6.92 Å². The Kier molecular flexibility index (Phi) is 4.38. The van der Waals surface area contributed by atoms with Crippen molar-refractivity contribution in [2.75, 3.05) is 24.5 Å². The summed E-state index contributed by atoms with van der Waals surface area (Å²) >= 11 is 6.00. The molecular weight excluding hydrogens is 372 g/mol. The van der Waals surface area contributed by atoms with Crippen molar-refractivity contribution >= 4 is 38.3 Å². The molecule has 0 saturated carbocycles. The molecule has 1 fully saturated rings. The highest BCUT2D eigenvalue weighted by atomic mass is 35.5. The summed E-state index contributed by atoms with van der Waals surface area (Å²) in [5.41, 5.74) is 2.08. The number of benzene rings is 1. The molecule has 3 heterocycles. The van der Waals surface area contributed by atoms with Gasteiger partial charge in [0.15, 0.2) is 0 Å². The first-order valence-electron chi connectivity index (χ1n) is 8.42. The second-order valence-corrected chi connectivity index (χ2v) is 8.70. The van der Waals surface area contributed by atoms with Gasteiger partial charge in [-0.2, -0.15) is 0 Å². The topological polar surface area (TPSA) is 67.2 Å². The lowest BCUT2D eigenvalue weighted by Gasteiger charge is -2.32. The molecule has 1 saturated heterocycles. The average molecular weight is 391 g/mol. The van der Waals surface area contributed by atoms with Crippen LogP contribution in [-0.4, -0.2) is 43.1 Å². The highest BCUT2D eigenvalue weighted by Crippen LogP contribution is 2.31. The van der Waals surface area contributed by atoms with Crippen LogP contribution in [0, 0.1) is 0 Å². The lowest BCUT2D eigenvalue weighted by molar-refractivity contribution is 0.485. The van der Waals surface area contributed by atoms with Crippen molar-refractivity contribution < 1.29 is 8.42 Å². The molecule has 4 rings (SSSR count). The van der Waals surface area contributed by atoms with Crippen molar-refractivity contribution in [3.05, 3.63) is 53.8 Å². The fraction of sp³-hybridized carbons (Fsp3) is 0.278. The maximum absolute atomic E-state index is 13.2. The Morgan fingerprint density at radius 2 is 2.12 bits per heavy atom. The molecule has 1 atom stereocenters. The van der Waals surface area contributed by atoms with Gasteiger partial charge >= 0.3 is 0 Å². The molecular formula is C18H19ClN4O2S. The number of pyridine rings is 1. The number of halogens is 1. The Labute approximate surface area is 157 Å². The minimum Gasteiger partial charge on any atom is -0.366 e. The standard InChI is InChI=1S/C18H19ClN4O2S/c1-13-11-22(9-8-20-13)17-12-23(16-6-3-7-21-18(16)17)26(24,25)15-5-2-4-14(19)10-15/h2-7,10,12-13,20H,8-9,11H2,1H3. The van der Waals surface area contributed by atoms with Crippen molar-refractivity contribution in [1.82, 2.24) is 14.3 Å². The predicted molar refractivity (Wildman–Crippen MR) is 103 cm³/mol. The maximum atomic E-state index is 13.2. The monoisotopic (exact) mass is 390 g/mol. The van der Waals surface area contributed by atoms with Gasteiger partial charge in [0.25, 0.3) is 10.0 Å². The number of nitrogens with zero attached hydrogens (tertiary/aromatic N) is 3. The van der Waals surface area contributed by atoms with Crippen LogP contribution in [0.2, 0.25) is 5.02 Å². The van der Waals surface area contributed by atoms with Gasteiger partial charge in [0, 0.05) is 43.1 Å². The first-order valence-corrected chi connectivity index (χ1v) is 10.2. The largest absolute Gasteiger partial charge is 0.366 e. The molecule has 0 spiro atoms. The second-order valence-electron chi connectivity index (χ2n) is 6.44. The zero-order chi connectivity index (χ0) is 18.3. The van der Waals surface area contributed by atoms with Crippen LogP contribution in [0.3, 0.4) is 0 Å². The zero-order valence-corrected chi connectivity index (χ0v) is 15.8. The summed E-state index contributed by atoms with van der Waals surface area (Å²) in [6.45, 7) is 4.56. The van der Waals surface area contributed by atoms with Crippen LogP contribution >= 0.6 is 11.6 Å². The van der Waals surface area contributed by atoms with Crippen molar-refractivity contribution in [1.29, 1.82) is 0 Å². The molecule has 2 aromatic heterocycles. The Bertz CT molecular complexity index is 1060. The lowest BCUT2D eigenvalue weighted by atomic mass is 10.2. The normalized spacial score (nSPS) is 18.4. The number of nitrogens with one attached hydrogen (secondary N) is 1. The highest BCUT2D eigenvalue weighted by Gasteiger charge is 2.26. The summed E-state index contributed by atoms with van der Waals surface area (Å²) in [6, 6.07) is 10.2. The number of piperazine rings is 1. The smallest absolute Gasteiger partial charge is 0.268 e. The maximum Gasteiger partial charge on any atom is 0.268 e. The van der Waals surface area contributed by atoms with Gasteiger partial charge in [0.1, 0.15) is 5.52 Å². The van der Waals surface area contributed by atoms with Gasteiger partial charge in [-0.1, -0.05) is 17.7 Å². The van der Waals surface area contributed by atoms with E-state index < -0.39 is 10.0 Å². The third kappa shape index (κ3) is 2.96. The Morgan fingerprint density at radius 3 is 2.88 bits per heavy atom. The van der Waals surface area contributed by atoms with E-state index in [0.717, 1.165) is 25.3 Å². The van der Waals surface area contributed by atoms with E-state index in [0.29, 0.717) is 22.1 Å². The molecule has 1 unspecified atom stereocenters. The van der Waals surface area contributed by atoms with Crippen molar-refractivity contribution in [2.24, 2.45) is 0 Å². The first kappa shape index (κ1) is 17.3. The number of hydrogen-bond donors (Lipinski definition) is 1. The molecule has 3 aromatic rings. The molecule has 0 aliphatic carbocycles. The van der Waals surface area contributed by atoms with E-state index in [1.807, 2.05) is 0 Å².